The molecular weight excluding hydrogens is 284 g/mol. The van der Waals surface area contributed by atoms with E-state index in [1.54, 1.807) is 12.3 Å². The first-order valence-electron chi connectivity index (χ1n) is 5.53. The highest BCUT2D eigenvalue weighted by molar-refractivity contribution is 9.10. The third kappa shape index (κ3) is 2.79. The summed E-state index contributed by atoms with van der Waals surface area (Å²) in [5, 5.41) is 14.5. The van der Waals surface area contributed by atoms with E-state index < -0.39 is 6.10 Å². The van der Waals surface area contributed by atoms with Gasteiger partial charge in [0, 0.05) is 24.2 Å². The third-order valence-electron chi connectivity index (χ3n) is 2.60. The normalized spacial score (nSPS) is 13.2. The maximum absolute atomic E-state index is 10.1. The summed E-state index contributed by atoms with van der Waals surface area (Å²) in [4.78, 5) is 0. The van der Waals surface area contributed by atoms with E-state index in [4.69, 9.17) is 4.42 Å². The zero-order valence-corrected chi connectivity index (χ0v) is 11.4. The zero-order valence-electron chi connectivity index (χ0n) is 9.80. The van der Waals surface area contributed by atoms with E-state index >= 15 is 0 Å². The van der Waals surface area contributed by atoms with E-state index in [9.17, 15) is 5.11 Å². The molecule has 0 amide bonds. The number of rotatable bonds is 4. The lowest BCUT2D eigenvalue weighted by atomic mass is 10.1. The molecule has 0 radical (unpaired) electrons. The summed E-state index contributed by atoms with van der Waals surface area (Å²) in [6.07, 6.45) is 3.36. The summed E-state index contributed by atoms with van der Waals surface area (Å²) in [5.41, 5.74) is 1.63. The van der Waals surface area contributed by atoms with Crippen molar-refractivity contribution >= 4 is 15.9 Å². The van der Waals surface area contributed by atoms with Crippen LogP contribution < -0.4 is 0 Å². The van der Waals surface area contributed by atoms with Crippen molar-refractivity contribution in [3.8, 4) is 0 Å². The Balaban J connectivity index is 2.08. The SMILES string of the molecule is CC(C)n1ccc(CC(O)c2ccoc2Br)n1. The molecule has 2 aromatic heterocycles. The number of aliphatic hydroxyl groups excluding tert-OH is 1. The zero-order chi connectivity index (χ0) is 12.4. The van der Waals surface area contributed by atoms with Crippen molar-refractivity contribution in [2.75, 3.05) is 0 Å². The van der Waals surface area contributed by atoms with Gasteiger partial charge in [0.2, 0.25) is 0 Å². The van der Waals surface area contributed by atoms with E-state index in [0.29, 0.717) is 17.1 Å². The van der Waals surface area contributed by atoms with Gasteiger partial charge in [-0.25, -0.2) is 0 Å². The molecule has 0 aliphatic rings. The van der Waals surface area contributed by atoms with Crippen molar-refractivity contribution < 1.29 is 9.52 Å². The Bertz CT molecular complexity index is 490. The summed E-state index contributed by atoms with van der Waals surface area (Å²) in [6.45, 7) is 4.14. The van der Waals surface area contributed by atoms with E-state index in [1.165, 1.54) is 0 Å². The topological polar surface area (TPSA) is 51.2 Å². The van der Waals surface area contributed by atoms with Crippen molar-refractivity contribution in [2.24, 2.45) is 0 Å². The quantitative estimate of drug-likeness (QED) is 0.944. The first-order chi connectivity index (χ1) is 8.08. The van der Waals surface area contributed by atoms with Crippen LogP contribution in [0.4, 0.5) is 0 Å². The summed E-state index contributed by atoms with van der Waals surface area (Å²) >= 11 is 3.26. The van der Waals surface area contributed by atoms with Gasteiger partial charge in [-0.1, -0.05) is 0 Å². The van der Waals surface area contributed by atoms with Gasteiger partial charge in [-0.05, 0) is 41.9 Å². The van der Waals surface area contributed by atoms with Gasteiger partial charge in [0.1, 0.15) is 0 Å². The van der Waals surface area contributed by atoms with Crippen molar-refractivity contribution in [1.82, 2.24) is 9.78 Å². The Morgan fingerprint density at radius 3 is 2.76 bits per heavy atom. The van der Waals surface area contributed by atoms with Gasteiger partial charge in [-0.15, -0.1) is 0 Å². The summed E-state index contributed by atoms with van der Waals surface area (Å²) in [5.74, 6) is 0. The van der Waals surface area contributed by atoms with Crippen molar-refractivity contribution in [3.63, 3.8) is 0 Å². The predicted octanol–water partition coefficient (Wildman–Crippen LogP) is 3.10. The molecule has 0 aliphatic carbocycles. The Kier molecular flexibility index (Phi) is 3.69. The molecule has 2 rings (SSSR count). The van der Waals surface area contributed by atoms with Crippen LogP contribution in [0.15, 0.2) is 33.7 Å². The van der Waals surface area contributed by atoms with Crippen LogP contribution in [0.5, 0.6) is 0 Å². The van der Waals surface area contributed by atoms with Crippen LogP contribution in [0.3, 0.4) is 0 Å². The van der Waals surface area contributed by atoms with Crippen molar-refractivity contribution in [3.05, 3.63) is 40.5 Å². The van der Waals surface area contributed by atoms with Crippen LogP contribution in [0.25, 0.3) is 0 Å². The standard InChI is InChI=1S/C12H15BrN2O2/c1-8(2)15-5-3-9(14-15)7-11(16)10-4-6-17-12(10)13/h3-6,8,11,16H,7H2,1-2H3. The van der Waals surface area contributed by atoms with E-state index in [1.807, 2.05) is 16.9 Å². The summed E-state index contributed by atoms with van der Waals surface area (Å²) < 4.78 is 7.56. The lowest BCUT2D eigenvalue weighted by Crippen LogP contribution is -2.05. The number of hydrogen-bond acceptors (Lipinski definition) is 3. The first-order valence-corrected chi connectivity index (χ1v) is 6.32. The third-order valence-corrected chi connectivity index (χ3v) is 3.24. The summed E-state index contributed by atoms with van der Waals surface area (Å²) in [6, 6.07) is 4.02. The van der Waals surface area contributed by atoms with Crippen LogP contribution in [0.2, 0.25) is 0 Å². The number of halogens is 1. The van der Waals surface area contributed by atoms with Crippen molar-refractivity contribution in [2.45, 2.75) is 32.4 Å². The molecule has 0 fully saturated rings. The Morgan fingerprint density at radius 1 is 1.47 bits per heavy atom. The number of furan rings is 1. The number of nitrogens with zero attached hydrogens (tertiary/aromatic N) is 2. The number of aliphatic hydroxyl groups is 1. The lowest BCUT2D eigenvalue weighted by Gasteiger charge is -2.07. The van der Waals surface area contributed by atoms with Gasteiger partial charge < -0.3 is 9.52 Å². The molecule has 0 aliphatic heterocycles. The molecule has 4 nitrogen and oxygen atoms in total. The highest BCUT2D eigenvalue weighted by atomic mass is 79.9. The average molecular weight is 299 g/mol. The second kappa shape index (κ2) is 5.06. The predicted molar refractivity (Wildman–Crippen MR) is 67.7 cm³/mol. The Labute approximate surface area is 108 Å². The molecule has 92 valence electrons. The van der Waals surface area contributed by atoms with Crippen molar-refractivity contribution in [1.29, 1.82) is 0 Å². The molecule has 1 unspecified atom stereocenters. The summed E-state index contributed by atoms with van der Waals surface area (Å²) in [7, 11) is 0. The second-order valence-corrected chi connectivity index (χ2v) is 4.97. The van der Waals surface area contributed by atoms with E-state index in [-0.39, 0.29) is 0 Å². The average Bonchev–Trinajstić information content (AvgIpc) is 2.86. The largest absolute Gasteiger partial charge is 0.457 e. The monoisotopic (exact) mass is 298 g/mol. The Hall–Kier alpha value is -1.07. The first kappa shape index (κ1) is 12.4. The maximum atomic E-state index is 10.1. The van der Waals surface area contributed by atoms with Gasteiger partial charge in [0.15, 0.2) is 4.67 Å². The molecule has 0 saturated heterocycles. The molecule has 17 heavy (non-hydrogen) atoms. The van der Waals surface area contributed by atoms with E-state index in [0.717, 1.165) is 11.3 Å². The van der Waals surface area contributed by atoms with Crippen LogP contribution in [-0.4, -0.2) is 14.9 Å². The van der Waals surface area contributed by atoms with Crippen LogP contribution >= 0.6 is 15.9 Å². The minimum Gasteiger partial charge on any atom is -0.457 e. The molecular formula is C12H15BrN2O2. The van der Waals surface area contributed by atoms with Gasteiger partial charge in [-0.3, -0.25) is 4.68 Å². The molecule has 5 heteroatoms. The minimum absolute atomic E-state index is 0.335. The van der Waals surface area contributed by atoms with Gasteiger partial charge >= 0.3 is 0 Å². The van der Waals surface area contributed by atoms with Gasteiger partial charge in [0.05, 0.1) is 18.1 Å². The number of aromatic nitrogens is 2. The molecule has 1 atom stereocenters. The smallest absolute Gasteiger partial charge is 0.174 e. The molecule has 0 aromatic carbocycles. The molecule has 2 heterocycles. The van der Waals surface area contributed by atoms with Gasteiger partial charge in [0.25, 0.3) is 0 Å². The molecule has 1 N–H and O–H groups in total. The molecule has 0 saturated carbocycles. The van der Waals surface area contributed by atoms with Gasteiger partial charge in [-0.2, -0.15) is 5.10 Å². The second-order valence-electron chi connectivity index (χ2n) is 4.25. The minimum atomic E-state index is -0.598. The highest BCUT2D eigenvalue weighted by Gasteiger charge is 2.15. The lowest BCUT2D eigenvalue weighted by molar-refractivity contribution is 0.174. The highest BCUT2D eigenvalue weighted by Crippen LogP contribution is 2.26. The molecule has 0 bridgehead atoms. The van der Waals surface area contributed by atoms with Crippen LogP contribution in [0.1, 0.15) is 37.3 Å². The molecule has 0 spiro atoms. The molecule has 2 aromatic rings. The van der Waals surface area contributed by atoms with E-state index in [2.05, 4.69) is 34.9 Å². The fourth-order valence-electron chi connectivity index (χ4n) is 1.62. The van der Waals surface area contributed by atoms with Crippen LogP contribution in [-0.2, 0) is 6.42 Å². The fourth-order valence-corrected chi connectivity index (χ4v) is 2.13. The maximum Gasteiger partial charge on any atom is 0.174 e. The number of hydrogen-bond donors (Lipinski definition) is 1. The van der Waals surface area contributed by atoms with Crippen LogP contribution in [0, 0.1) is 0 Å². The Morgan fingerprint density at radius 2 is 2.24 bits per heavy atom. The fraction of sp³-hybridized carbons (Fsp3) is 0.417.